The molecule has 0 heterocycles. The second-order valence-corrected chi connectivity index (χ2v) is 7.56. The smallest absolute Gasteiger partial charge is 0.255 e. The van der Waals surface area contributed by atoms with Crippen molar-refractivity contribution >= 4 is 46.5 Å². The van der Waals surface area contributed by atoms with Crippen molar-refractivity contribution in [2.75, 3.05) is 36.5 Å². The van der Waals surface area contributed by atoms with Gasteiger partial charge in [0.05, 0.1) is 11.4 Å². The Labute approximate surface area is 194 Å². The van der Waals surface area contributed by atoms with Crippen molar-refractivity contribution in [3.8, 4) is 0 Å². The lowest BCUT2D eigenvalue weighted by Crippen LogP contribution is -2.15. The normalized spacial score (nSPS) is 10.2. The molecule has 4 N–H and O–H groups in total. The summed E-state index contributed by atoms with van der Waals surface area (Å²) >= 11 is 5.99. The first-order chi connectivity index (χ1) is 15.4. The van der Waals surface area contributed by atoms with Crippen LogP contribution in [-0.2, 0) is 0 Å². The number of nitrogens with zero attached hydrogens (tertiary/aromatic N) is 1. The molecular formula is C25H29ClN4O2. The van der Waals surface area contributed by atoms with Gasteiger partial charge in [0.1, 0.15) is 6.29 Å². The van der Waals surface area contributed by atoms with E-state index in [1.165, 1.54) is 0 Å². The Morgan fingerprint density at radius 3 is 2.25 bits per heavy atom. The first-order valence-electron chi connectivity index (χ1n) is 10.3. The highest BCUT2D eigenvalue weighted by molar-refractivity contribution is 6.30. The van der Waals surface area contributed by atoms with Crippen molar-refractivity contribution in [2.24, 2.45) is 0 Å². The molecule has 0 bridgehead atoms. The third kappa shape index (κ3) is 7.72. The highest BCUT2D eigenvalue weighted by atomic mass is 35.5. The molecule has 0 unspecified atom stereocenters. The lowest BCUT2D eigenvalue weighted by atomic mass is 10.1. The van der Waals surface area contributed by atoms with E-state index in [0.717, 1.165) is 25.1 Å². The van der Waals surface area contributed by atoms with Crippen molar-refractivity contribution in [3.05, 3.63) is 82.9 Å². The van der Waals surface area contributed by atoms with E-state index in [9.17, 15) is 9.59 Å². The Morgan fingerprint density at radius 1 is 1.00 bits per heavy atom. The standard InChI is InChI=1S/C20H16ClN3O2.C5H13N/c21-15-2-1-3-17(11-15)23-19-10-14(6-9-18(19)22)20(26)24-16-7-4-13(12-25)5-8-16;1-4-6(3)5-2/h1-12,23H,22H2,(H,24,26);4-5H2,1-3H3. The first kappa shape index (κ1) is 24.9. The average molecular weight is 453 g/mol. The van der Waals surface area contributed by atoms with Crippen molar-refractivity contribution in [1.82, 2.24) is 4.90 Å². The molecular weight excluding hydrogens is 424 g/mol. The molecule has 0 fully saturated rings. The number of anilines is 4. The maximum absolute atomic E-state index is 12.5. The number of benzene rings is 3. The average Bonchev–Trinajstić information content (AvgIpc) is 2.81. The number of rotatable bonds is 7. The first-order valence-corrected chi connectivity index (χ1v) is 10.7. The summed E-state index contributed by atoms with van der Waals surface area (Å²) in [6.07, 6.45) is 0.749. The zero-order valence-corrected chi connectivity index (χ0v) is 19.3. The molecule has 3 aromatic rings. The number of nitrogens with one attached hydrogen (secondary N) is 2. The highest BCUT2D eigenvalue weighted by Crippen LogP contribution is 2.26. The molecule has 0 aromatic heterocycles. The Hall–Kier alpha value is -3.35. The third-order valence-electron chi connectivity index (χ3n) is 4.80. The van der Waals surface area contributed by atoms with Crippen molar-refractivity contribution in [3.63, 3.8) is 0 Å². The van der Waals surface area contributed by atoms with Gasteiger partial charge in [0.15, 0.2) is 0 Å². The third-order valence-corrected chi connectivity index (χ3v) is 5.04. The summed E-state index contributed by atoms with van der Waals surface area (Å²) in [6, 6.07) is 18.8. The van der Waals surface area contributed by atoms with E-state index in [2.05, 4.69) is 36.4 Å². The van der Waals surface area contributed by atoms with Crippen LogP contribution in [0, 0.1) is 0 Å². The fraction of sp³-hybridized carbons (Fsp3) is 0.200. The van der Waals surface area contributed by atoms with Crippen molar-refractivity contribution in [1.29, 1.82) is 0 Å². The fourth-order valence-corrected chi connectivity index (χ4v) is 2.79. The summed E-state index contributed by atoms with van der Waals surface area (Å²) in [5, 5.41) is 6.54. The molecule has 7 heteroatoms. The Kier molecular flexibility index (Phi) is 9.73. The Bertz CT molecular complexity index is 1030. The molecule has 0 spiro atoms. The summed E-state index contributed by atoms with van der Waals surface area (Å²) in [5.41, 5.74) is 9.48. The summed E-state index contributed by atoms with van der Waals surface area (Å²) in [6.45, 7) is 6.64. The maximum atomic E-state index is 12.5. The molecule has 168 valence electrons. The van der Waals surface area contributed by atoms with Crippen LogP contribution in [-0.4, -0.2) is 37.2 Å². The number of hydrogen-bond donors (Lipinski definition) is 3. The van der Waals surface area contributed by atoms with Crippen LogP contribution in [0.5, 0.6) is 0 Å². The van der Waals surface area contributed by atoms with Gasteiger partial charge in [-0.25, -0.2) is 0 Å². The van der Waals surface area contributed by atoms with Gasteiger partial charge in [-0.15, -0.1) is 0 Å². The molecule has 1 amide bonds. The number of carbonyl (C=O) groups is 2. The van der Waals surface area contributed by atoms with Gasteiger partial charge in [0.2, 0.25) is 0 Å². The Morgan fingerprint density at radius 2 is 1.69 bits per heavy atom. The zero-order chi connectivity index (χ0) is 23.5. The van der Waals surface area contributed by atoms with Crippen LogP contribution in [0.2, 0.25) is 5.02 Å². The van der Waals surface area contributed by atoms with Gasteiger partial charge in [0, 0.05) is 27.5 Å². The molecule has 0 aliphatic heterocycles. The molecule has 3 rings (SSSR count). The minimum atomic E-state index is -0.280. The van der Waals surface area contributed by atoms with Crippen LogP contribution in [0.4, 0.5) is 22.7 Å². The predicted octanol–water partition coefficient (Wildman–Crippen LogP) is 5.69. The number of amides is 1. The maximum Gasteiger partial charge on any atom is 0.255 e. The van der Waals surface area contributed by atoms with Crippen molar-refractivity contribution < 1.29 is 9.59 Å². The molecule has 0 saturated carbocycles. The lowest BCUT2D eigenvalue weighted by molar-refractivity contribution is 0.102. The minimum Gasteiger partial charge on any atom is -0.397 e. The Balaban J connectivity index is 0.000000534. The monoisotopic (exact) mass is 452 g/mol. The second kappa shape index (κ2) is 12.5. The molecule has 6 nitrogen and oxygen atoms in total. The summed E-state index contributed by atoms with van der Waals surface area (Å²) in [7, 11) is 2.11. The second-order valence-electron chi connectivity index (χ2n) is 7.12. The number of carbonyl (C=O) groups excluding carboxylic acids is 2. The van der Waals surface area contributed by atoms with E-state index >= 15 is 0 Å². The van der Waals surface area contributed by atoms with Crippen LogP contribution in [0.15, 0.2) is 66.7 Å². The van der Waals surface area contributed by atoms with Crippen LogP contribution in [0.25, 0.3) is 0 Å². The van der Waals surface area contributed by atoms with Gasteiger partial charge < -0.3 is 21.3 Å². The van der Waals surface area contributed by atoms with E-state index in [4.69, 9.17) is 17.3 Å². The highest BCUT2D eigenvalue weighted by Gasteiger charge is 2.10. The van der Waals surface area contributed by atoms with Crippen LogP contribution in [0.3, 0.4) is 0 Å². The van der Waals surface area contributed by atoms with Crippen molar-refractivity contribution in [2.45, 2.75) is 13.8 Å². The summed E-state index contributed by atoms with van der Waals surface area (Å²) < 4.78 is 0. The molecule has 32 heavy (non-hydrogen) atoms. The topological polar surface area (TPSA) is 87.5 Å². The molecule has 0 saturated heterocycles. The zero-order valence-electron chi connectivity index (χ0n) is 18.6. The SMILES string of the molecule is CCN(C)CC.Nc1ccc(C(=O)Nc2ccc(C=O)cc2)cc1Nc1cccc(Cl)c1. The predicted molar refractivity (Wildman–Crippen MR) is 134 cm³/mol. The lowest BCUT2D eigenvalue weighted by Gasteiger charge is -2.12. The summed E-state index contributed by atoms with van der Waals surface area (Å²) in [5.74, 6) is -0.280. The quantitative estimate of drug-likeness (QED) is 0.316. The van der Waals surface area contributed by atoms with E-state index < -0.39 is 0 Å². The van der Waals surface area contributed by atoms with Gasteiger partial charge in [-0.3, -0.25) is 9.59 Å². The molecule has 0 radical (unpaired) electrons. The molecule has 3 aromatic carbocycles. The fourth-order valence-electron chi connectivity index (χ4n) is 2.60. The van der Waals surface area contributed by atoms with Gasteiger partial charge in [-0.05, 0) is 80.8 Å². The van der Waals surface area contributed by atoms with E-state index in [1.807, 2.05) is 12.1 Å². The largest absolute Gasteiger partial charge is 0.397 e. The number of nitrogens with two attached hydrogens (primary N) is 1. The van der Waals surface area contributed by atoms with E-state index in [-0.39, 0.29) is 5.91 Å². The molecule has 0 aliphatic carbocycles. The number of aldehydes is 1. The molecule has 0 aliphatic rings. The van der Waals surface area contributed by atoms with Gasteiger partial charge in [-0.1, -0.05) is 31.5 Å². The minimum absolute atomic E-state index is 0.280. The number of hydrogen-bond acceptors (Lipinski definition) is 5. The number of nitrogen functional groups attached to an aromatic ring is 1. The molecule has 0 atom stereocenters. The van der Waals surface area contributed by atoms with Gasteiger partial charge in [-0.2, -0.15) is 0 Å². The van der Waals surface area contributed by atoms with Gasteiger partial charge in [0.25, 0.3) is 5.91 Å². The van der Waals surface area contributed by atoms with Crippen LogP contribution in [0.1, 0.15) is 34.6 Å². The number of halogens is 1. The van der Waals surface area contributed by atoms with Crippen LogP contribution >= 0.6 is 11.6 Å². The van der Waals surface area contributed by atoms with Crippen LogP contribution < -0.4 is 16.4 Å². The van der Waals surface area contributed by atoms with E-state index in [1.54, 1.807) is 54.6 Å². The van der Waals surface area contributed by atoms with Gasteiger partial charge >= 0.3 is 0 Å². The van der Waals surface area contributed by atoms with E-state index in [0.29, 0.717) is 33.2 Å². The summed E-state index contributed by atoms with van der Waals surface area (Å²) in [4.78, 5) is 25.4.